The molecule has 0 bridgehead atoms. The lowest BCUT2D eigenvalue weighted by molar-refractivity contribution is 0.173. The van der Waals surface area contributed by atoms with Gasteiger partial charge in [0, 0.05) is 0 Å². The molecule has 27 heavy (non-hydrogen) atoms. The quantitative estimate of drug-likeness (QED) is 0.409. The zero-order valence-corrected chi connectivity index (χ0v) is 21.5. The van der Waals surface area contributed by atoms with Gasteiger partial charge in [-0.25, -0.2) is 0 Å². The van der Waals surface area contributed by atoms with Crippen LogP contribution in [0.25, 0.3) is 0 Å². The number of rotatable bonds is 7. The van der Waals surface area contributed by atoms with Gasteiger partial charge in [0.2, 0.25) is 0 Å². The Morgan fingerprint density at radius 2 is 0.815 bits per heavy atom. The first-order chi connectivity index (χ1) is 11.4. The first-order valence-corrected chi connectivity index (χ1v) is 11.4. The molecule has 0 saturated heterocycles. The van der Waals surface area contributed by atoms with Crippen molar-refractivity contribution in [3.05, 3.63) is 0 Å². The summed E-state index contributed by atoms with van der Waals surface area (Å²) in [6, 6.07) is 0. The second-order valence-corrected chi connectivity index (χ2v) is 12.6. The molecule has 0 aliphatic heterocycles. The fraction of sp³-hybridized carbons (Fsp3) is 1.00. The van der Waals surface area contributed by atoms with Crippen LogP contribution in [0, 0.1) is 52.3 Å². The summed E-state index contributed by atoms with van der Waals surface area (Å²) in [5.74, 6) is 5.86. The molecule has 0 saturated carbocycles. The van der Waals surface area contributed by atoms with Gasteiger partial charge in [0.15, 0.2) is 0 Å². The highest BCUT2D eigenvalue weighted by Crippen LogP contribution is 2.34. The Morgan fingerprint density at radius 3 is 1.00 bits per heavy atom. The summed E-state index contributed by atoms with van der Waals surface area (Å²) in [5.41, 5.74) is 0.962. The summed E-state index contributed by atoms with van der Waals surface area (Å²) in [5, 5.41) is 0. The van der Waals surface area contributed by atoms with Crippen molar-refractivity contribution in [2.75, 3.05) is 0 Å². The fourth-order valence-electron chi connectivity index (χ4n) is 4.23. The maximum absolute atomic E-state index is 2.42. The molecule has 0 aliphatic carbocycles. The van der Waals surface area contributed by atoms with E-state index in [2.05, 4.69) is 104 Å². The topological polar surface area (TPSA) is 0 Å². The minimum atomic E-state index is 0. The molecule has 0 fully saturated rings. The van der Waals surface area contributed by atoms with E-state index >= 15 is 0 Å². The van der Waals surface area contributed by atoms with E-state index in [0.29, 0.717) is 10.8 Å². The van der Waals surface area contributed by atoms with Crippen molar-refractivity contribution in [2.24, 2.45) is 52.3 Å². The van der Waals surface area contributed by atoms with Crippen LogP contribution < -0.4 is 0 Å². The van der Waals surface area contributed by atoms with Gasteiger partial charge in [-0.15, -0.1) is 0 Å². The van der Waals surface area contributed by atoms with Crippen molar-refractivity contribution in [2.45, 2.75) is 124 Å². The molecule has 0 radical (unpaired) electrons. The predicted molar refractivity (Wildman–Crippen MR) is 130 cm³/mol. The molecule has 3 unspecified atom stereocenters. The summed E-state index contributed by atoms with van der Waals surface area (Å²) in [6.45, 7) is 35.3. The zero-order valence-electron chi connectivity index (χ0n) is 21.5. The van der Waals surface area contributed by atoms with E-state index in [0.717, 1.165) is 41.4 Å². The Balaban J connectivity index is -0.000000416. The van der Waals surface area contributed by atoms with Gasteiger partial charge >= 0.3 is 0 Å². The Kier molecular flexibility index (Phi) is 15.6. The molecule has 3 atom stereocenters. The van der Waals surface area contributed by atoms with Crippen molar-refractivity contribution >= 4 is 0 Å². The first-order valence-electron chi connectivity index (χ1n) is 11.4. The molecule has 0 N–H and O–H groups in total. The van der Waals surface area contributed by atoms with Gasteiger partial charge in [0.05, 0.1) is 0 Å². The number of hydrogen-bond acceptors (Lipinski definition) is 0. The second-order valence-electron chi connectivity index (χ2n) is 12.6. The van der Waals surface area contributed by atoms with Gasteiger partial charge in [0.1, 0.15) is 0 Å². The van der Waals surface area contributed by atoms with E-state index in [4.69, 9.17) is 0 Å². The normalized spacial score (nSPS) is 16.1. The van der Waals surface area contributed by atoms with Crippen LogP contribution in [-0.4, -0.2) is 0 Å². The average Bonchev–Trinajstić information content (AvgIpc) is 2.40. The average molecular weight is 385 g/mol. The van der Waals surface area contributed by atoms with Gasteiger partial charge in [-0.1, -0.05) is 111 Å². The van der Waals surface area contributed by atoms with E-state index in [-0.39, 0.29) is 7.43 Å². The molecule has 0 aliphatic rings. The molecule has 0 aromatic rings. The lowest BCUT2D eigenvalue weighted by atomic mass is 9.73. The van der Waals surface area contributed by atoms with Crippen molar-refractivity contribution in [3.8, 4) is 0 Å². The van der Waals surface area contributed by atoms with Crippen LogP contribution in [0.2, 0.25) is 0 Å². The third kappa shape index (κ3) is 16.6. The van der Waals surface area contributed by atoms with Crippen molar-refractivity contribution in [1.29, 1.82) is 0 Å². The van der Waals surface area contributed by atoms with E-state index in [9.17, 15) is 0 Å². The highest BCUT2D eigenvalue weighted by Gasteiger charge is 2.25. The third-order valence-electron chi connectivity index (χ3n) is 6.27. The summed E-state index contributed by atoms with van der Waals surface area (Å²) < 4.78 is 0. The molecular formula is C27H60. The van der Waals surface area contributed by atoms with Gasteiger partial charge in [0.25, 0.3) is 0 Å². The SMILES string of the molecule is C.CC(C)C(C)C(C)C(C)CC(C)(C)C.CC(C)C(CC(C)(C)C)C(C)C. The van der Waals surface area contributed by atoms with Gasteiger partial charge in [-0.3, -0.25) is 0 Å². The molecule has 0 amide bonds. The van der Waals surface area contributed by atoms with Crippen LogP contribution in [0.3, 0.4) is 0 Å². The zero-order chi connectivity index (χ0) is 21.5. The smallest absolute Gasteiger partial charge is 0.0363 e. The molecule has 0 aromatic heterocycles. The Hall–Kier alpha value is 0. The Bertz CT molecular complexity index is 326. The highest BCUT2D eigenvalue weighted by atomic mass is 14.3. The maximum atomic E-state index is 2.42. The van der Waals surface area contributed by atoms with E-state index in [1.54, 1.807) is 0 Å². The van der Waals surface area contributed by atoms with Crippen LogP contribution in [0.1, 0.15) is 124 Å². The monoisotopic (exact) mass is 384 g/mol. The van der Waals surface area contributed by atoms with Crippen LogP contribution in [0.5, 0.6) is 0 Å². The number of hydrogen-bond donors (Lipinski definition) is 0. The molecule has 0 heterocycles. The summed E-state index contributed by atoms with van der Waals surface area (Å²) in [6.07, 6.45) is 2.69. The first kappa shape index (κ1) is 31.7. The largest absolute Gasteiger partial charge is 0.0776 e. The van der Waals surface area contributed by atoms with E-state index in [1.807, 2.05) is 0 Å². The van der Waals surface area contributed by atoms with E-state index < -0.39 is 0 Å². The standard InChI is InChI=1S/C14H30.C12H26.CH4/c1-10(2)12(4)13(5)11(3)9-14(6,7)8;1-9(2)11(10(3)4)8-12(5,6)7;/h10-13H,9H2,1-8H3;9-11H,8H2,1-7H3;1H4. The van der Waals surface area contributed by atoms with E-state index in [1.165, 1.54) is 12.8 Å². The molecular weight excluding hydrogens is 324 g/mol. The van der Waals surface area contributed by atoms with Crippen LogP contribution in [0.4, 0.5) is 0 Å². The molecule has 0 heteroatoms. The van der Waals surface area contributed by atoms with Crippen LogP contribution >= 0.6 is 0 Å². The van der Waals surface area contributed by atoms with Crippen LogP contribution in [-0.2, 0) is 0 Å². The molecule has 0 rings (SSSR count). The lowest BCUT2D eigenvalue weighted by Gasteiger charge is -2.33. The molecule has 0 spiro atoms. The molecule has 0 nitrogen and oxygen atoms in total. The van der Waals surface area contributed by atoms with Gasteiger partial charge in [-0.2, -0.15) is 0 Å². The van der Waals surface area contributed by atoms with Gasteiger partial charge < -0.3 is 0 Å². The van der Waals surface area contributed by atoms with Crippen molar-refractivity contribution < 1.29 is 0 Å². The third-order valence-corrected chi connectivity index (χ3v) is 6.27. The van der Waals surface area contributed by atoms with Crippen molar-refractivity contribution in [1.82, 2.24) is 0 Å². The second kappa shape index (κ2) is 13.3. The summed E-state index contributed by atoms with van der Waals surface area (Å²) in [7, 11) is 0. The van der Waals surface area contributed by atoms with Gasteiger partial charge in [-0.05, 0) is 65.1 Å². The minimum absolute atomic E-state index is 0. The summed E-state index contributed by atoms with van der Waals surface area (Å²) in [4.78, 5) is 0. The van der Waals surface area contributed by atoms with Crippen LogP contribution in [0.15, 0.2) is 0 Å². The fourth-order valence-corrected chi connectivity index (χ4v) is 4.23. The highest BCUT2D eigenvalue weighted by molar-refractivity contribution is 4.75. The Labute approximate surface area is 176 Å². The molecule has 0 aromatic carbocycles. The Morgan fingerprint density at radius 1 is 0.481 bits per heavy atom. The molecule has 168 valence electrons. The summed E-state index contributed by atoms with van der Waals surface area (Å²) >= 11 is 0. The van der Waals surface area contributed by atoms with Crippen molar-refractivity contribution in [3.63, 3.8) is 0 Å². The lowest BCUT2D eigenvalue weighted by Crippen LogP contribution is -2.24. The maximum Gasteiger partial charge on any atom is -0.0363 e. The minimum Gasteiger partial charge on any atom is -0.0776 e. The predicted octanol–water partition coefficient (Wildman–Crippen LogP) is 9.97.